The molecule has 1 aliphatic heterocycles. The van der Waals surface area contributed by atoms with E-state index in [4.69, 9.17) is 4.74 Å². The molecule has 3 heteroatoms. The van der Waals surface area contributed by atoms with Crippen molar-refractivity contribution in [3.05, 3.63) is 0 Å². The van der Waals surface area contributed by atoms with Crippen molar-refractivity contribution < 1.29 is 9.53 Å². The second-order valence-corrected chi connectivity index (χ2v) is 4.39. The van der Waals surface area contributed by atoms with E-state index in [1.165, 1.54) is 0 Å². The third-order valence-corrected chi connectivity index (χ3v) is 2.57. The number of hydrogen-bond acceptors (Lipinski definition) is 3. The molecule has 0 aliphatic carbocycles. The summed E-state index contributed by atoms with van der Waals surface area (Å²) in [6, 6.07) is 0. The fraction of sp³-hybridized carbons (Fsp3) is 0.909. The van der Waals surface area contributed by atoms with Gasteiger partial charge in [-0.25, -0.2) is 0 Å². The minimum atomic E-state index is -0.0159. The Morgan fingerprint density at radius 2 is 2.36 bits per heavy atom. The van der Waals surface area contributed by atoms with Crippen molar-refractivity contribution in [3.63, 3.8) is 0 Å². The van der Waals surface area contributed by atoms with Gasteiger partial charge in [0.15, 0.2) is 0 Å². The third-order valence-electron chi connectivity index (χ3n) is 2.57. The molecule has 0 aromatic carbocycles. The minimum absolute atomic E-state index is 0.0159. The summed E-state index contributed by atoms with van der Waals surface area (Å²) in [5.74, 6) is 0.682. The van der Waals surface area contributed by atoms with Crippen LogP contribution in [0, 0.1) is 11.8 Å². The SMILES string of the molecule is CC(C)CCOC(=O)[C@@H]1CCCNC1. The van der Waals surface area contributed by atoms with Crippen molar-refractivity contribution in [1.29, 1.82) is 0 Å². The standard InChI is InChI=1S/C11H21NO2/c1-9(2)5-7-14-11(13)10-4-3-6-12-8-10/h9-10,12H,3-8H2,1-2H3/t10-/m1/s1. The van der Waals surface area contributed by atoms with Crippen LogP contribution in [0.3, 0.4) is 0 Å². The van der Waals surface area contributed by atoms with Crippen LogP contribution in [0.15, 0.2) is 0 Å². The van der Waals surface area contributed by atoms with Gasteiger partial charge in [-0.3, -0.25) is 4.79 Å². The third kappa shape index (κ3) is 4.09. The van der Waals surface area contributed by atoms with Crippen LogP contribution < -0.4 is 5.32 Å². The summed E-state index contributed by atoms with van der Waals surface area (Å²) in [6.07, 6.45) is 3.03. The molecular formula is C11H21NO2. The molecule has 1 saturated heterocycles. The molecule has 0 aromatic heterocycles. The highest BCUT2D eigenvalue weighted by Gasteiger charge is 2.21. The van der Waals surface area contributed by atoms with Crippen molar-refractivity contribution in [2.24, 2.45) is 11.8 Å². The molecule has 0 aromatic rings. The Labute approximate surface area is 86.2 Å². The van der Waals surface area contributed by atoms with E-state index in [2.05, 4.69) is 19.2 Å². The summed E-state index contributed by atoms with van der Waals surface area (Å²) >= 11 is 0. The first-order valence-corrected chi connectivity index (χ1v) is 5.57. The smallest absolute Gasteiger partial charge is 0.310 e. The van der Waals surface area contributed by atoms with E-state index in [9.17, 15) is 4.79 Å². The van der Waals surface area contributed by atoms with Gasteiger partial charge in [0.05, 0.1) is 12.5 Å². The lowest BCUT2D eigenvalue weighted by atomic mass is 10.0. The predicted octanol–water partition coefficient (Wildman–Crippen LogP) is 1.58. The lowest BCUT2D eigenvalue weighted by molar-refractivity contribution is -0.149. The molecule has 1 heterocycles. The predicted molar refractivity (Wildman–Crippen MR) is 56.0 cm³/mol. The van der Waals surface area contributed by atoms with Crippen LogP contribution in [-0.2, 0) is 9.53 Å². The van der Waals surface area contributed by atoms with Crippen molar-refractivity contribution in [1.82, 2.24) is 5.32 Å². The number of rotatable bonds is 4. The average molecular weight is 199 g/mol. The average Bonchev–Trinajstić information content (AvgIpc) is 2.18. The first-order chi connectivity index (χ1) is 6.70. The van der Waals surface area contributed by atoms with Gasteiger partial charge in [-0.1, -0.05) is 13.8 Å². The quantitative estimate of drug-likeness (QED) is 0.698. The van der Waals surface area contributed by atoms with Gasteiger partial charge in [0, 0.05) is 6.54 Å². The number of nitrogens with one attached hydrogen (secondary N) is 1. The second-order valence-electron chi connectivity index (χ2n) is 4.39. The van der Waals surface area contributed by atoms with Crippen LogP contribution in [0.4, 0.5) is 0 Å². The molecule has 1 N–H and O–H groups in total. The molecule has 0 amide bonds. The molecule has 0 spiro atoms. The fourth-order valence-electron chi connectivity index (χ4n) is 1.57. The monoisotopic (exact) mass is 199 g/mol. The Morgan fingerprint density at radius 3 is 2.93 bits per heavy atom. The number of esters is 1. The van der Waals surface area contributed by atoms with Crippen LogP contribution in [0.2, 0.25) is 0 Å². The Balaban J connectivity index is 2.13. The number of carbonyl (C=O) groups is 1. The van der Waals surface area contributed by atoms with Gasteiger partial charge in [0.25, 0.3) is 0 Å². The highest BCUT2D eigenvalue weighted by molar-refractivity contribution is 5.72. The topological polar surface area (TPSA) is 38.3 Å². The van der Waals surface area contributed by atoms with Gasteiger partial charge < -0.3 is 10.1 Å². The fourth-order valence-corrected chi connectivity index (χ4v) is 1.57. The molecule has 14 heavy (non-hydrogen) atoms. The maximum atomic E-state index is 11.5. The molecular weight excluding hydrogens is 178 g/mol. The van der Waals surface area contributed by atoms with Crippen LogP contribution in [-0.4, -0.2) is 25.7 Å². The number of piperidine rings is 1. The maximum Gasteiger partial charge on any atom is 0.310 e. The highest BCUT2D eigenvalue weighted by atomic mass is 16.5. The minimum Gasteiger partial charge on any atom is -0.465 e. The van der Waals surface area contributed by atoms with Gasteiger partial charge in [0.2, 0.25) is 0 Å². The van der Waals surface area contributed by atoms with Crippen molar-refractivity contribution in [3.8, 4) is 0 Å². The summed E-state index contributed by atoms with van der Waals surface area (Å²) in [5, 5.41) is 3.21. The van der Waals surface area contributed by atoms with Crippen LogP contribution in [0.25, 0.3) is 0 Å². The molecule has 3 nitrogen and oxygen atoms in total. The Hall–Kier alpha value is -0.570. The zero-order valence-corrected chi connectivity index (χ0v) is 9.21. The molecule has 1 aliphatic rings. The largest absolute Gasteiger partial charge is 0.465 e. The van der Waals surface area contributed by atoms with Gasteiger partial charge in [-0.05, 0) is 31.7 Å². The molecule has 1 atom stereocenters. The lowest BCUT2D eigenvalue weighted by Crippen LogP contribution is -2.35. The number of ether oxygens (including phenoxy) is 1. The molecule has 0 unspecified atom stereocenters. The summed E-state index contributed by atoms with van der Waals surface area (Å²) in [4.78, 5) is 11.5. The molecule has 82 valence electrons. The zero-order chi connectivity index (χ0) is 10.4. The van der Waals surface area contributed by atoms with E-state index in [-0.39, 0.29) is 11.9 Å². The molecule has 1 fully saturated rings. The van der Waals surface area contributed by atoms with E-state index < -0.39 is 0 Å². The maximum absolute atomic E-state index is 11.5. The Morgan fingerprint density at radius 1 is 1.57 bits per heavy atom. The van der Waals surface area contributed by atoms with Crippen LogP contribution in [0.5, 0.6) is 0 Å². The summed E-state index contributed by atoms with van der Waals surface area (Å²) in [5.41, 5.74) is 0. The van der Waals surface area contributed by atoms with Gasteiger partial charge in [0.1, 0.15) is 0 Å². The van der Waals surface area contributed by atoms with Gasteiger partial charge in [-0.15, -0.1) is 0 Å². The first-order valence-electron chi connectivity index (χ1n) is 5.57. The first kappa shape index (κ1) is 11.5. The van der Waals surface area contributed by atoms with E-state index in [0.29, 0.717) is 12.5 Å². The van der Waals surface area contributed by atoms with E-state index >= 15 is 0 Å². The van der Waals surface area contributed by atoms with E-state index in [0.717, 1.165) is 32.4 Å². The molecule has 0 radical (unpaired) electrons. The van der Waals surface area contributed by atoms with Gasteiger partial charge in [-0.2, -0.15) is 0 Å². The molecule has 0 bridgehead atoms. The Kier molecular flexibility index (Phi) is 4.94. The normalized spacial score (nSPS) is 22.4. The van der Waals surface area contributed by atoms with Crippen molar-refractivity contribution in [2.75, 3.05) is 19.7 Å². The van der Waals surface area contributed by atoms with E-state index in [1.807, 2.05) is 0 Å². The van der Waals surface area contributed by atoms with Gasteiger partial charge >= 0.3 is 5.97 Å². The lowest BCUT2D eigenvalue weighted by Gasteiger charge is -2.21. The number of carbonyl (C=O) groups excluding carboxylic acids is 1. The number of hydrogen-bond donors (Lipinski definition) is 1. The Bertz CT molecular complexity index is 174. The highest BCUT2D eigenvalue weighted by Crippen LogP contribution is 2.12. The van der Waals surface area contributed by atoms with Crippen LogP contribution in [0.1, 0.15) is 33.1 Å². The van der Waals surface area contributed by atoms with Crippen molar-refractivity contribution in [2.45, 2.75) is 33.1 Å². The van der Waals surface area contributed by atoms with Crippen LogP contribution >= 0.6 is 0 Å². The molecule has 0 saturated carbocycles. The molecule has 1 rings (SSSR count). The van der Waals surface area contributed by atoms with E-state index in [1.54, 1.807) is 0 Å². The summed E-state index contributed by atoms with van der Waals surface area (Å²) in [6.45, 7) is 6.68. The zero-order valence-electron chi connectivity index (χ0n) is 9.21. The summed E-state index contributed by atoms with van der Waals surface area (Å²) < 4.78 is 5.21. The summed E-state index contributed by atoms with van der Waals surface area (Å²) in [7, 11) is 0. The second kappa shape index (κ2) is 6.02. The van der Waals surface area contributed by atoms with Crippen molar-refractivity contribution >= 4 is 5.97 Å².